The average Bonchev–Trinajstić information content (AvgIpc) is 3.38. The van der Waals surface area contributed by atoms with Crippen LogP contribution in [0.3, 0.4) is 0 Å². The third kappa shape index (κ3) is 3.89. The van der Waals surface area contributed by atoms with Crippen LogP contribution in [0.5, 0.6) is 0 Å². The van der Waals surface area contributed by atoms with Crippen LogP contribution in [-0.4, -0.2) is 28.4 Å². The number of aromatic nitrogens is 1. The summed E-state index contributed by atoms with van der Waals surface area (Å²) >= 11 is 1.53. The number of hydrogen-bond acceptors (Lipinski definition) is 4. The molecule has 1 aliphatic carbocycles. The molecule has 0 unspecified atom stereocenters. The fourth-order valence-electron chi connectivity index (χ4n) is 3.99. The highest BCUT2D eigenvalue weighted by molar-refractivity contribution is 7.09. The van der Waals surface area contributed by atoms with Gasteiger partial charge in [-0.15, -0.1) is 11.3 Å². The molecule has 1 fully saturated rings. The average molecular weight is 380 g/mol. The van der Waals surface area contributed by atoms with Crippen molar-refractivity contribution in [2.24, 2.45) is 5.73 Å². The van der Waals surface area contributed by atoms with E-state index in [1.165, 1.54) is 40.5 Å². The van der Waals surface area contributed by atoms with Gasteiger partial charge in [0.25, 0.3) is 5.91 Å². The lowest BCUT2D eigenvalue weighted by Crippen LogP contribution is -2.38. The molecular weight excluding hydrogens is 354 g/mol. The highest BCUT2D eigenvalue weighted by Gasteiger charge is 2.29. The molecule has 1 heterocycles. The molecule has 0 atom stereocenters. The van der Waals surface area contributed by atoms with Gasteiger partial charge < -0.3 is 10.6 Å². The summed E-state index contributed by atoms with van der Waals surface area (Å²) in [6.45, 7) is 1.19. The van der Waals surface area contributed by atoms with Crippen molar-refractivity contribution in [3.63, 3.8) is 0 Å². The predicted molar refractivity (Wildman–Crippen MR) is 111 cm³/mol. The zero-order valence-corrected chi connectivity index (χ0v) is 16.3. The summed E-state index contributed by atoms with van der Waals surface area (Å²) in [4.78, 5) is 19.9. The second-order valence-corrected chi connectivity index (χ2v) is 8.12. The topological polar surface area (TPSA) is 59.2 Å². The van der Waals surface area contributed by atoms with E-state index in [1.54, 1.807) is 0 Å². The van der Waals surface area contributed by atoms with Crippen molar-refractivity contribution in [3.05, 3.63) is 64.1 Å². The minimum absolute atomic E-state index is 0.0503. The van der Waals surface area contributed by atoms with Gasteiger partial charge >= 0.3 is 0 Å². The molecule has 1 amide bonds. The highest BCUT2D eigenvalue weighted by Crippen LogP contribution is 2.29. The van der Waals surface area contributed by atoms with E-state index in [4.69, 9.17) is 5.73 Å². The zero-order chi connectivity index (χ0) is 18.6. The smallest absolute Gasteiger partial charge is 0.273 e. The van der Waals surface area contributed by atoms with Crippen molar-refractivity contribution in [1.82, 2.24) is 9.88 Å². The van der Waals surface area contributed by atoms with E-state index >= 15 is 0 Å². The predicted octanol–water partition coefficient (Wildman–Crippen LogP) is 4.38. The highest BCUT2D eigenvalue weighted by atomic mass is 32.1. The Labute approximate surface area is 164 Å². The van der Waals surface area contributed by atoms with Crippen LogP contribution in [0.4, 0.5) is 0 Å². The molecule has 1 aromatic heterocycles. The molecular formula is C22H25N3OS. The minimum Gasteiger partial charge on any atom is -0.330 e. The number of thiazole rings is 1. The number of carbonyl (C=O) groups excluding carboxylic acids is 1. The fourth-order valence-corrected chi connectivity index (χ4v) is 4.78. The standard InChI is InChI=1S/C22H25N3OS/c23-13-12-21-24-20(15-27-21)22(26)25(18-9-2-3-10-18)14-17-8-5-7-16-6-1-4-11-19(16)17/h1,4-8,11,15,18H,2-3,9-10,12-14,23H2. The van der Waals surface area contributed by atoms with Crippen molar-refractivity contribution in [2.75, 3.05) is 6.54 Å². The molecule has 5 heteroatoms. The fraction of sp³-hybridized carbons (Fsp3) is 0.364. The zero-order valence-electron chi connectivity index (χ0n) is 15.4. The van der Waals surface area contributed by atoms with E-state index in [1.807, 2.05) is 5.38 Å². The van der Waals surface area contributed by atoms with Gasteiger partial charge in [-0.2, -0.15) is 0 Å². The van der Waals surface area contributed by atoms with Crippen LogP contribution < -0.4 is 5.73 Å². The number of hydrogen-bond donors (Lipinski definition) is 1. The summed E-state index contributed by atoms with van der Waals surface area (Å²) in [6, 6.07) is 15.0. The molecule has 1 saturated carbocycles. The normalized spacial score (nSPS) is 14.7. The molecule has 0 bridgehead atoms. The number of fused-ring (bicyclic) bond motifs is 1. The molecule has 3 aromatic rings. The van der Waals surface area contributed by atoms with Gasteiger partial charge in [-0.25, -0.2) is 4.98 Å². The van der Waals surface area contributed by atoms with Crippen LogP contribution in [0.25, 0.3) is 10.8 Å². The number of rotatable bonds is 6. The minimum atomic E-state index is 0.0503. The first-order chi connectivity index (χ1) is 13.3. The molecule has 0 spiro atoms. The Morgan fingerprint density at radius 1 is 1.15 bits per heavy atom. The van der Waals surface area contributed by atoms with Crippen molar-refractivity contribution in [2.45, 2.75) is 44.7 Å². The van der Waals surface area contributed by atoms with Gasteiger partial charge in [0.2, 0.25) is 0 Å². The summed E-state index contributed by atoms with van der Waals surface area (Å²) in [7, 11) is 0. The maximum Gasteiger partial charge on any atom is 0.273 e. The van der Waals surface area contributed by atoms with E-state index < -0.39 is 0 Å². The number of nitrogens with two attached hydrogens (primary N) is 1. The summed E-state index contributed by atoms with van der Waals surface area (Å²) in [5.74, 6) is 0.0503. The summed E-state index contributed by atoms with van der Waals surface area (Å²) in [5, 5.41) is 5.27. The van der Waals surface area contributed by atoms with Gasteiger partial charge in [0, 0.05) is 24.4 Å². The van der Waals surface area contributed by atoms with Crippen LogP contribution in [0.2, 0.25) is 0 Å². The van der Waals surface area contributed by atoms with Crippen LogP contribution in [0, 0.1) is 0 Å². The second-order valence-electron chi connectivity index (χ2n) is 7.17. The third-order valence-electron chi connectivity index (χ3n) is 5.38. The number of benzene rings is 2. The Hall–Kier alpha value is -2.24. The maximum absolute atomic E-state index is 13.3. The molecule has 2 N–H and O–H groups in total. The Balaban J connectivity index is 1.65. The Bertz CT molecular complexity index is 925. The van der Waals surface area contributed by atoms with Gasteiger partial charge in [-0.1, -0.05) is 55.3 Å². The lowest BCUT2D eigenvalue weighted by atomic mass is 10.0. The Kier molecular flexibility index (Phi) is 5.50. The summed E-state index contributed by atoms with van der Waals surface area (Å²) in [5.41, 5.74) is 7.40. The Morgan fingerprint density at radius 2 is 1.93 bits per heavy atom. The molecule has 2 aromatic carbocycles. The molecule has 0 aliphatic heterocycles. The van der Waals surface area contributed by atoms with E-state index in [2.05, 4.69) is 52.3 Å². The first kappa shape index (κ1) is 18.1. The van der Waals surface area contributed by atoms with Crippen molar-refractivity contribution in [1.29, 1.82) is 0 Å². The third-order valence-corrected chi connectivity index (χ3v) is 6.28. The molecule has 140 valence electrons. The number of amides is 1. The van der Waals surface area contributed by atoms with Crippen molar-refractivity contribution < 1.29 is 4.79 Å². The van der Waals surface area contributed by atoms with Crippen molar-refractivity contribution >= 4 is 28.0 Å². The molecule has 4 nitrogen and oxygen atoms in total. The summed E-state index contributed by atoms with van der Waals surface area (Å²) < 4.78 is 0. The lowest BCUT2D eigenvalue weighted by molar-refractivity contribution is 0.0660. The molecule has 1 aliphatic rings. The molecule has 0 radical (unpaired) electrons. The van der Waals surface area contributed by atoms with Crippen LogP contribution >= 0.6 is 11.3 Å². The quantitative estimate of drug-likeness (QED) is 0.691. The van der Waals surface area contributed by atoms with Crippen LogP contribution in [0.15, 0.2) is 47.8 Å². The first-order valence-electron chi connectivity index (χ1n) is 9.68. The van der Waals surface area contributed by atoms with Gasteiger partial charge in [-0.05, 0) is 35.7 Å². The number of nitrogens with zero attached hydrogens (tertiary/aromatic N) is 2. The van der Waals surface area contributed by atoms with Crippen LogP contribution in [0.1, 0.15) is 46.7 Å². The Morgan fingerprint density at radius 3 is 2.74 bits per heavy atom. The molecule has 0 saturated heterocycles. The SMILES string of the molecule is NCCc1nc(C(=O)N(Cc2cccc3ccccc23)C2CCCC2)cs1. The van der Waals surface area contributed by atoms with E-state index in [-0.39, 0.29) is 5.91 Å². The van der Waals surface area contributed by atoms with Crippen LogP contribution in [-0.2, 0) is 13.0 Å². The first-order valence-corrected chi connectivity index (χ1v) is 10.6. The maximum atomic E-state index is 13.3. The van der Waals surface area contributed by atoms with Gasteiger partial charge in [0.05, 0.1) is 5.01 Å². The van der Waals surface area contributed by atoms with Gasteiger partial charge in [-0.3, -0.25) is 4.79 Å². The number of carbonyl (C=O) groups is 1. The molecule has 4 rings (SSSR count). The van der Waals surface area contributed by atoms with Crippen molar-refractivity contribution in [3.8, 4) is 0 Å². The monoisotopic (exact) mass is 379 g/mol. The largest absolute Gasteiger partial charge is 0.330 e. The van der Waals surface area contributed by atoms with E-state index in [9.17, 15) is 4.79 Å². The van der Waals surface area contributed by atoms with Gasteiger partial charge in [0.1, 0.15) is 5.69 Å². The second kappa shape index (κ2) is 8.19. The van der Waals surface area contributed by atoms with Gasteiger partial charge in [0.15, 0.2) is 0 Å². The van der Waals surface area contributed by atoms with E-state index in [0.717, 1.165) is 24.3 Å². The van der Waals surface area contributed by atoms with E-state index in [0.29, 0.717) is 24.8 Å². The lowest BCUT2D eigenvalue weighted by Gasteiger charge is -2.29. The summed E-state index contributed by atoms with van der Waals surface area (Å²) in [6.07, 6.45) is 5.27. The molecule has 27 heavy (non-hydrogen) atoms.